The van der Waals surface area contributed by atoms with Crippen LogP contribution in [0.4, 0.5) is 0 Å². The SMILES string of the molecule is CCCC(C)CN[C@H](C)C1CCCCCC1. The van der Waals surface area contributed by atoms with Gasteiger partial charge in [-0.2, -0.15) is 0 Å². The van der Waals surface area contributed by atoms with Gasteiger partial charge in [0.05, 0.1) is 0 Å². The molecule has 1 N–H and O–H groups in total. The van der Waals surface area contributed by atoms with Gasteiger partial charge >= 0.3 is 0 Å². The summed E-state index contributed by atoms with van der Waals surface area (Å²) < 4.78 is 0. The van der Waals surface area contributed by atoms with E-state index in [0.29, 0.717) is 0 Å². The molecule has 1 unspecified atom stereocenters. The van der Waals surface area contributed by atoms with E-state index < -0.39 is 0 Å². The molecule has 2 atom stereocenters. The van der Waals surface area contributed by atoms with Crippen LogP contribution in [0.1, 0.15) is 72.1 Å². The topological polar surface area (TPSA) is 12.0 Å². The Morgan fingerprint density at radius 2 is 1.69 bits per heavy atom. The lowest BCUT2D eigenvalue weighted by Crippen LogP contribution is -2.36. The van der Waals surface area contributed by atoms with Crippen molar-refractivity contribution in [3.05, 3.63) is 0 Å². The van der Waals surface area contributed by atoms with Gasteiger partial charge in [-0.3, -0.25) is 0 Å². The van der Waals surface area contributed by atoms with Crippen LogP contribution in [0.25, 0.3) is 0 Å². The Hall–Kier alpha value is -0.0400. The molecule has 1 rings (SSSR count). The van der Waals surface area contributed by atoms with Gasteiger partial charge in [0.15, 0.2) is 0 Å². The maximum absolute atomic E-state index is 3.76. The molecule has 0 aromatic carbocycles. The van der Waals surface area contributed by atoms with Gasteiger partial charge in [-0.25, -0.2) is 0 Å². The summed E-state index contributed by atoms with van der Waals surface area (Å²) in [7, 11) is 0. The highest BCUT2D eigenvalue weighted by Gasteiger charge is 2.18. The second kappa shape index (κ2) is 8.11. The quantitative estimate of drug-likeness (QED) is 0.662. The normalized spacial score (nSPS) is 22.7. The highest BCUT2D eigenvalue weighted by molar-refractivity contribution is 4.75. The zero-order valence-corrected chi connectivity index (χ0v) is 11.6. The summed E-state index contributed by atoms with van der Waals surface area (Å²) in [6.07, 6.45) is 11.4. The van der Waals surface area contributed by atoms with Crippen LogP contribution in [0.5, 0.6) is 0 Å². The molecule has 0 saturated heterocycles. The summed E-state index contributed by atoms with van der Waals surface area (Å²) in [6, 6.07) is 0.734. The fourth-order valence-corrected chi connectivity index (χ4v) is 2.96. The molecule has 1 saturated carbocycles. The number of nitrogens with one attached hydrogen (secondary N) is 1. The maximum atomic E-state index is 3.76. The van der Waals surface area contributed by atoms with Gasteiger partial charge in [-0.15, -0.1) is 0 Å². The third-order valence-corrected chi connectivity index (χ3v) is 4.18. The van der Waals surface area contributed by atoms with Crippen LogP contribution >= 0.6 is 0 Å². The van der Waals surface area contributed by atoms with Crippen LogP contribution in [0.2, 0.25) is 0 Å². The highest BCUT2D eigenvalue weighted by atomic mass is 14.9. The van der Waals surface area contributed by atoms with Crippen molar-refractivity contribution in [1.29, 1.82) is 0 Å². The molecule has 0 heterocycles. The molecule has 0 aromatic rings. The molecule has 0 spiro atoms. The molecule has 0 aliphatic heterocycles. The standard InChI is InChI=1S/C15H31N/c1-4-9-13(2)12-16-14(3)15-10-7-5-6-8-11-15/h13-16H,4-12H2,1-3H3/t13?,14-/m1/s1. The minimum absolute atomic E-state index is 0.734. The number of rotatable bonds is 6. The lowest BCUT2D eigenvalue weighted by molar-refractivity contribution is 0.319. The van der Waals surface area contributed by atoms with Gasteiger partial charge < -0.3 is 5.32 Å². The van der Waals surface area contributed by atoms with Crippen LogP contribution in [-0.2, 0) is 0 Å². The van der Waals surface area contributed by atoms with Gasteiger partial charge in [0.25, 0.3) is 0 Å². The third kappa shape index (κ3) is 5.34. The average molecular weight is 225 g/mol. The summed E-state index contributed by atoms with van der Waals surface area (Å²) in [5, 5.41) is 3.76. The first kappa shape index (κ1) is 14.0. The summed E-state index contributed by atoms with van der Waals surface area (Å²) in [4.78, 5) is 0. The molecular weight excluding hydrogens is 194 g/mol. The molecule has 0 amide bonds. The van der Waals surface area contributed by atoms with Crippen LogP contribution in [0.15, 0.2) is 0 Å². The molecular formula is C15H31N. The Labute approximate surface area is 102 Å². The summed E-state index contributed by atoms with van der Waals surface area (Å²) in [5.41, 5.74) is 0. The van der Waals surface area contributed by atoms with E-state index in [2.05, 4.69) is 26.1 Å². The predicted octanol–water partition coefficient (Wildman–Crippen LogP) is 4.37. The lowest BCUT2D eigenvalue weighted by atomic mass is 9.92. The largest absolute Gasteiger partial charge is 0.314 e. The van der Waals surface area contributed by atoms with E-state index in [1.165, 1.54) is 57.9 Å². The van der Waals surface area contributed by atoms with Gasteiger partial charge in [-0.05, 0) is 44.6 Å². The van der Waals surface area contributed by atoms with Crippen LogP contribution in [-0.4, -0.2) is 12.6 Å². The zero-order chi connectivity index (χ0) is 11.8. The van der Waals surface area contributed by atoms with Crippen LogP contribution in [0.3, 0.4) is 0 Å². The van der Waals surface area contributed by atoms with Crippen molar-refractivity contribution < 1.29 is 0 Å². The lowest BCUT2D eigenvalue weighted by Gasteiger charge is -2.25. The number of hydrogen-bond donors (Lipinski definition) is 1. The van der Waals surface area contributed by atoms with Crippen molar-refractivity contribution in [2.75, 3.05) is 6.54 Å². The fourth-order valence-electron chi connectivity index (χ4n) is 2.96. The Balaban J connectivity index is 2.19. The first-order chi connectivity index (χ1) is 7.74. The van der Waals surface area contributed by atoms with Crippen molar-refractivity contribution in [2.45, 2.75) is 78.2 Å². The minimum Gasteiger partial charge on any atom is -0.314 e. The fraction of sp³-hybridized carbons (Fsp3) is 1.00. The maximum Gasteiger partial charge on any atom is 0.00671 e. The van der Waals surface area contributed by atoms with E-state index in [1.54, 1.807) is 0 Å². The Kier molecular flexibility index (Phi) is 7.11. The molecule has 1 nitrogen and oxygen atoms in total. The van der Waals surface area contributed by atoms with Crippen molar-refractivity contribution >= 4 is 0 Å². The minimum atomic E-state index is 0.734. The molecule has 16 heavy (non-hydrogen) atoms. The molecule has 1 fully saturated rings. The predicted molar refractivity (Wildman–Crippen MR) is 72.7 cm³/mol. The van der Waals surface area contributed by atoms with E-state index in [0.717, 1.165) is 17.9 Å². The monoisotopic (exact) mass is 225 g/mol. The average Bonchev–Trinajstić information content (AvgIpc) is 2.55. The first-order valence-corrected chi connectivity index (χ1v) is 7.47. The van der Waals surface area contributed by atoms with E-state index in [1.807, 2.05) is 0 Å². The molecule has 1 heteroatoms. The van der Waals surface area contributed by atoms with E-state index in [9.17, 15) is 0 Å². The molecule has 1 aliphatic carbocycles. The Bertz CT molecular complexity index is 159. The molecule has 1 aliphatic rings. The highest BCUT2D eigenvalue weighted by Crippen LogP contribution is 2.25. The third-order valence-electron chi connectivity index (χ3n) is 4.18. The molecule has 0 radical (unpaired) electrons. The Morgan fingerprint density at radius 1 is 1.06 bits per heavy atom. The molecule has 0 aromatic heterocycles. The Morgan fingerprint density at radius 3 is 2.25 bits per heavy atom. The van der Waals surface area contributed by atoms with E-state index >= 15 is 0 Å². The first-order valence-electron chi connectivity index (χ1n) is 7.47. The van der Waals surface area contributed by atoms with E-state index in [4.69, 9.17) is 0 Å². The smallest absolute Gasteiger partial charge is 0.00671 e. The second-order valence-electron chi connectivity index (χ2n) is 5.84. The van der Waals surface area contributed by atoms with Crippen molar-refractivity contribution in [2.24, 2.45) is 11.8 Å². The van der Waals surface area contributed by atoms with Gasteiger partial charge in [0.2, 0.25) is 0 Å². The van der Waals surface area contributed by atoms with Crippen molar-refractivity contribution in [3.63, 3.8) is 0 Å². The zero-order valence-electron chi connectivity index (χ0n) is 11.6. The molecule has 96 valence electrons. The van der Waals surface area contributed by atoms with Crippen molar-refractivity contribution in [3.8, 4) is 0 Å². The second-order valence-corrected chi connectivity index (χ2v) is 5.84. The van der Waals surface area contributed by atoms with Gasteiger partial charge in [-0.1, -0.05) is 46.0 Å². The number of hydrogen-bond acceptors (Lipinski definition) is 1. The van der Waals surface area contributed by atoms with Gasteiger partial charge in [0, 0.05) is 6.04 Å². The summed E-state index contributed by atoms with van der Waals surface area (Å²) in [5.74, 6) is 1.79. The van der Waals surface area contributed by atoms with Gasteiger partial charge in [0.1, 0.15) is 0 Å². The van der Waals surface area contributed by atoms with Crippen LogP contribution < -0.4 is 5.32 Å². The summed E-state index contributed by atoms with van der Waals surface area (Å²) >= 11 is 0. The summed E-state index contributed by atoms with van der Waals surface area (Å²) in [6.45, 7) is 8.27. The van der Waals surface area contributed by atoms with Crippen LogP contribution in [0, 0.1) is 11.8 Å². The molecule has 0 bridgehead atoms. The van der Waals surface area contributed by atoms with E-state index in [-0.39, 0.29) is 0 Å². The van der Waals surface area contributed by atoms with Crippen molar-refractivity contribution in [1.82, 2.24) is 5.32 Å².